The third-order valence-electron chi connectivity index (χ3n) is 5.59. The molecule has 2 amide bonds. The summed E-state index contributed by atoms with van der Waals surface area (Å²) >= 11 is 0. The minimum absolute atomic E-state index is 0.0439. The number of rotatable bonds is 6. The third kappa shape index (κ3) is 3.72. The average molecular weight is 395 g/mol. The van der Waals surface area contributed by atoms with Gasteiger partial charge >= 0.3 is 0 Å². The maximum atomic E-state index is 13.1. The summed E-state index contributed by atoms with van der Waals surface area (Å²) in [6, 6.07) is 7.12. The van der Waals surface area contributed by atoms with Gasteiger partial charge in [-0.15, -0.1) is 5.11 Å². The van der Waals surface area contributed by atoms with Crippen LogP contribution in [0.25, 0.3) is 6.08 Å². The molecular formula is C21H25N5O3. The molecule has 0 aliphatic carbocycles. The normalized spacial score (nSPS) is 22.1. The summed E-state index contributed by atoms with van der Waals surface area (Å²) in [6.45, 7) is 4.41. The summed E-state index contributed by atoms with van der Waals surface area (Å²) in [6.07, 6.45) is 2.57. The van der Waals surface area contributed by atoms with Crippen LogP contribution in [-0.4, -0.2) is 73.6 Å². The van der Waals surface area contributed by atoms with Crippen molar-refractivity contribution in [2.45, 2.75) is 25.4 Å². The van der Waals surface area contributed by atoms with Crippen molar-refractivity contribution in [2.75, 3.05) is 39.9 Å². The monoisotopic (exact) mass is 395 g/mol. The first-order chi connectivity index (χ1) is 14.1. The fraction of sp³-hybridized carbons (Fsp3) is 0.476. The fourth-order valence-electron chi connectivity index (χ4n) is 3.93. The zero-order valence-corrected chi connectivity index (χ0v) is 16.7. The van der Waals surface area contributed by atoms with Crippen LogP contribution in [0.15, 0.2) is 50.8 Å². The maximum Gasteiger partial charge on any atom is 0.274 e. The lowest BCUT2D eigenvalue weighted by atomic mass is 9.97. The van der Waals surface area contributed by atoms with E-state index in [1.165, 1.54) is 0 Å². The van der Waals surface area contributed by atoms with Crippen molar-refractivity contribution in [3.05, 3.63) is 46.1 Å². The highest BCUT2D eigenvalue weighted by atomic mass is 16.5. The lowest BCUT2D eigenvalue weighted by Crippen LogP contribution is -2.45. The van der Waals surface area contributed by atoms with Crippen LogP contribution in [0.3, 0.4) is 0 Å². The van der Waals surface area contributed by atoms with Gasteiger partial charge in [-0.05, 0) is 30.7 Å². The van der Waals surface area contributed by atoms with Crippen molar-refractivity contribution in [1.82, 2.24) is 9.80 Å². The topological polar surface area (TPSA) is 86.9 Å². The second-order valence-corrected chi connectivity index (χ2v) is 7.33. The van der Waals surface area contributed by atoms with Crippen LogP contribution in [0.1, 0.15) is 13.3 Å². The molecule has 0 bridgehead atoms. The first-order valence-corrected chi connectivity index (χ1v) is 9.98. The number of amides is 2. The van der Waals surface area contributed by atoms with Gasteiger partial charge in [-0.3, -0.25) is 14.6 Å². The predicted octanol–water partition coefficient (Wildman–Crippen LogP) is 0.285. The standard InChI is InChI=1S/C21H25N5O3/c1-3-25(10-11-29-2)21(28)19-15-13-26(9-8-17(15)23-24-19)20(27)18-12-14-6-4-5-7-16(14)22-18/h4-7,12,17-18H,3,8-11,13H2,1-2H3. The van der Waals surface area contributed by atoms with E-state index < -0.39 is 6.04 Å². The van der Waals surface area contributed by atoms with Crippen molar-refractivity contribution in [2.24, 2.45) is 15.2 Å². The summed E-state index contributed by atoms with van der Waals surface area (Å²) in [7, 11) is 1.61. The zero-order chi connectivity index (χ0) is 20.4. The first kappa shape index (κ1) is 19.4. The van der Waals surface area contributed by atoms with Crippen molar-refractivity contribution >= 4 is 17.9 Å². The van der Waals surface area contributed by atoms with Crippen LogP contribution in [0.2, 0.25) is 0 Å². The van der Waals surface area contributed by atoms with Gasteiger partial charge in [0.25, 0.3) is 11.8 Å². The molecule has 0 N–H and O–H groups in total. The SMILES string of the molecule is CCN(CCOC)C(=O)C1=C2CN(C(=O)C3C=c4ccccc4=N3)CCC2N=N1. The third-order valence-corrected chi connectivity index (χ3v) is 5.59. The molecule has 3 heterocycles. The van der Waals surface area contributed by atoms with E-state index in [-0.39, 0.29) is 17.9 Å². The number of hydrogen-bond acceptors (Lipinski definition) is 6. The lowest BCUT2D eigenvalue weighted by Gasteiger charge is -2.32. The van der Waals surface area contributed by atoms with Crippen molar-refractivity contribution < 1.29 is 14.3 Å². The van der Waals surface area contributed by atoms with E-state index in [1.807, 2.05) is 37.3 Å². The average Bonchev–Trinajstić information content (AvgIpc) is 3.37. The summed E-state index contributed by atoms with van der Waals surface area (Å²) in [5.41, 5.74) is 1.21. The summed E-state index contributed by atoms with van der Waals surface area (Å²) in [4.78, 5) is 34.0. The number of para-hydroxylation sites is 1. The Balaban J connectivity index is 1.52. The highest BCUT2D eigenvalue weighted by Crippen LogP contribution is 2.30. The molecule has 1 fully saturated rings. The number of benzene rings is 1. The number of nitrogens with zero attached hydrogens (tertiary/aromatic N) is 5. The largest absolute Gasteiger partial charge is 0.383 e. The molecule has 152 valence electrons. The zero-order valence-electron chi connectivity index (χ0n) is 16.7. The number of methoxy groups -OCH3 is 1. The van der Waals surface area contributed by atoms with E-state index in [4.69, 9.17) is 4.74 Å². The van der Waals surface area contributed by atoms with Crippen molar-refractivity contribution in [3.8, 4) is 0 Å². The summed E-state index contributed by atoms with van der Waals surface area (Å²) in [5.74, 6) is -0.192. The van der Waals surface area contributed by atoms with Gasteiger partial charge in [-0.2, -0.15) is 5.11 Å². The molecule has 3 aliphatic rings. The number of carbonyl (C=O) groups is 2. The Morgan fingerprint density at radius 2 is 2.14 bits per heavy atom. The summed E-state index contributed by atoms with van der Waals surface area (Å²) < 4.78 is 5.09. The molecule has 8 nitrogen and oxygen atoms in total. The van der Waals surface area contributed by atoms with Gasteiger partial charge in [0.2, 0.25) is 0 Å². The molecule has 2 atom stereocenters. The van der Waals surface area contributed by atoms with E-state index in [9.17, 15) is 9.59 Å². The molecular weight excluding hydrogens is 370 g/mol. The molecule has 1 saturated heterocycles. The minimum Gasteiger partial charge on any atom is -0.383 e. The van der Waals surface area contributed by atoms with Gasteiger partial charge in [0.1, 0.15) is 6.04 Å². The second kappa shape index (κ2) is 8.24. The minimum atomic E-state index is -0.507. The molecule has 1 aromatic carbocycles. The molecule has 0 aromatic heterocycles. The van der Waals surface area contributed by atoms with Crippen LogP contribution in [-0.2, 0) is 14.3 Å². The van der Waals surface area contributed by atoms with Gasteiger partial charge < -0.3 is 14.5 Å². The van der Waals surface area contributed by atoms with Gasteiger partial charge in [-0.25, -0.2) is 0 Å². The molecule has 2 unspecified atom stereocenters. The maximum absolute atomic E-state index is 13.1. The number of azo groups is 1. The Morgan fingerprint density at radius 1 is 1.31 bits per heavy atom. The van der Waals surface area contributed by atoms with Gasteiger partial charge in [0.15, 0.2) is 5.70 Å². The van der Waals surface area contributed by atoms with Crippen molar-refractivity contribution in [1.29, 1.82) is 0 Å². The Bertz CT molecular complexity index is 965. The number of likely N-dealkylation sites (N-methyl/N-ethyl adjacent to an activating group) is 1. The van der Waals surface area contributed by atoms with Crippen LogP contribution in [0.4, 0.5) is 0 Å². The Morgan fingerprint density at radius 3 is 2.90 bits per heavy atom. The van der Waals surface area contributed by atoms with E-state index in [0.29, 0.717) is 44.9 Å². The number of ether oxygens (including phenoxy) is 1. The van der Waals surface area contributed by atoms with E-state index >= 15 is 0 Å². The molecule has 0 radical (unpaired) electrons. The number of carbonyl (C=O) groups excluding carboxylic acids is 2. The number of fused-ring (bicyclic) bond motifs is 2. The van der Waals surface area contributed by atoms with Crippen molar-refractivity contribution in [3.63, 3.8) is 0 Å². The molecule has 8 heteroatoms. The lowest BCUT2D eigenvalue weighted by molar-refractivity contribution is -0.131. The van der Waals surface area contributed by atoms with Gasteiger partial charge in [-0.1, -0.05) is 18.2 Å². The number of likely N-dealkylation sites (tertiary alicyclic amines) is 1. The molecule has 0 spiro atoms. The van der Waals surface area contributed by atoms with Crippen LogP contribution in [0.5, 0.6) is 0 Å². The predicted molar refractivity (Wildman–Crippen MR) is 106 cm³/mol. The second-order valence-electron chi connectivity index (χ2n) is 7.33. The van der Waals surface area contributed by atoms with E-state index in [0.717, 1.165) is 16.1 Å². The van der Waals surface area contributed by atoms with Gasteiger partial charge in [0.05, 0.1) is 18.0 Å². The van der Waals surface area contributed by atoms with E-state index in [2.05, 4.69) is 15.2 Å². The van der Waals surface area contributed by atoms with E-state index in [1.54, 1.807) is 16.9 Å². The first-order valence-electron chi connectivity index (χ1n) is 9.98. The molecule has 29 heavy (non-hydrogen) atoms. The number of piperidine rings is 1. The Hall–Kier alpha value is -2.87. The highest BCUT2D eigenvalue weighted by molar-refractivity contribution is 5.95. The van der Waals surface area contributed by atoms with Crippen LogP contribution < -0.4 is 10.6 Å². The van der Waals surface area contributed by atoms with Crippen LogP contribution in [0, 0.1) is 0 Å². The number of hydrogen-bond donors (Lipinski definition) is 0. The molecule has 4 rings (SSSR count). The smallest absolute Gasteiger partial charge is 0.274 e. The summed E-state index contributed by atoms with van der Waals surface area (Å²) in [5, 5.41) is 10.3. The Kier molecular flexibility index (Phi) is 5.53. The highest BCUT2D eigenvalue weighted by Gasteiger charge is 2.37. The molecule has 0 saturated carbocycles. The Labute approximate surface area is 169 Å². The fourth-order valence-corrected chi connectivity index (χ4v) is 3.93. The van der Waals surface area contributed by atoms with Gasteiger partial charge in [0, 0.05) is 38.9 Å². The molecule has 3 aliphatic heterocycles. The van der Waals surface area contributed by atoms with Crippen LogP contribution >= 0.6 is 0 Å². The quantitative estimate of drug-likeness (QED) is 0.693. The molecule has 1 aromatic rings.